The summed E-state index contributed by atoms with van der Waals surface area (Å²) in [7, 11) is 0. The third-order valence-corrected chi connectivity index (χ3v) is 1.46. The first-order valence-electron chi connectivity index (χ1n) is 3.02. The van der Waals surface area contributed by atoms with Crippen LogP contribution in [-0.2, 0) is 0 Å². The maximum atomic E-state index is 12.7. The summed E-state index contributed by atoms with van der Waals surface area (Å²) in [4.78, 5) is 12.7. The van der Waals surface area contributed by atoms with Gasteiger partial charge in [-0.25, -0.2) is 4.39 Å². The number of rotatable bonds is 1. The molecule has 0 fully saturated rings. The Labute approximate surface area is 60.8 Å². The van der Waals surface area contributed by atoms with E-state index in [4.69, 9.17) is 4.42 Å². The first-order chi connectivity index (χ1) is 5.31. The quantitative estimate of drug-likeness (QED) is 0.634. The lowest BCUT2D eigenvalue weighted by Gasteiger charge is -1.76. The molecular formula is C7H4FNO2. The Bertz CT molecular complexity index is 401. The molecule has 2 heterocycles. The van der Waals surface area contributed by atoms with Gasteiger partial charge in [0.15, 0.2) is 17.7 Å². The molecule has 0 saturated carbocycles. The molecule has 0 aliphatic rings. The molecule has 0 unspecified atom stereocenters. The summed E-state index contributed by atoms with van der Waals surface area (Å²) in [6.45, 7) is 0. The van der Waals surface area contributed by atoms with Crippen LogP contribution in [-0.4, -0.2) is 11.3 Å². The van der Waals surface area contributed by atoms with E-state index < -0.39 is 5.82 Å². The van der Waals surface area contributed by atoms with Crippen molar-refractivity contribution in [2.45, 2.75) is 0 Å². The minimum Gasteiger partial charge on any atom is -0.459 e. The van der Waals surface area contributed by atoms with E-state index in [1.165, 1.54) is 6.07 Å². The van der Waals surface area contributed by atoms with Crippen molar-refractivity contribution in [2.24, 2.45) is 0 Å². The first kappa shape index (κ1) is 6.15. The highest BCUT2D eigenvalue weighted by molar-refractivity contribution is 5.84. The van der Waals surface area contributed by atoms with E-state index in [2.05, 4.69) is 4.98 Å². The number of halogens is 1. The molecule has 0 spiro atoms. The lowest BCUT2D eigenvalue weighted by molar-refractivity contribution is 0.111. The molecule has 0 amide bonds. The molecule has 0 aromatic carbocycles. The van der Waals surface area contributed by atoms with Crippen LogP contribution in [0.2, 0.25) is 0 Å². The summed E-state index contributed by atoms with van der Waals surface area (Å²) in [5.41, 5.74) is 0.926. The van der Waals surface area contributed by atoms with Crippen molar-refractivity contribution in [3.8, 4) is 0 Å². The summed E-state index contributed by atoms with van der Waals surface area (Å²) >= 11 is 0. The second-order valence-corrected chi connectivity index (χ2v) is 2.17. The zero-order chi connectivity index (χ0) is 7.84. The number of carbonyl (C=O) groups is 1. The van der Waals surface area contributed by atoms with Gasteiger partial charge in [-0.2, -0.15) is 0 Å². The Hall–Kier alpha value is -1.58. The molecule has 2 rings (SSSR count). The average molecular weight is 153 g/mol. The van der Waals surface area contributed by atoms with Crippen molar-refractivity contribution in [2.75, 3.05) is 0 Å². The Morgan fingerprint density at radius 3 is 3.09 bits per heavy atom. The van der Waals surface area contributed by atoms with Crippen LogP contribution in [0, 0.1) is 5.82 Å². The Kier molecular flexibility index (Phi) is 1.09. The van der Waals surface area contributed by atoms with Crippen LogP contribution < -0.4 is 0 Å². The lowest BCUT2D eigenvalue weighted by atomic mass is 10.4. The van der Waals surface area contributed by atoms with Crippen molar-refractivity contribution in [3.05, 3.63) is 23.8 Å². The second kappa shape index (κ2) is 1.95. The van der Waals surface area contributed by atoms with Gasteiger partial charge in [0, 0.05) is 6.07 Å². The summed E-state index contributed by atoms with van der Waals surface area (Å²) in [6.07, 6.45) is 1.60. The topological polar surface area (TPSA) is 46.0 Å². The smallest absolute Gasteiger partial charge is 0.185 e. The number of aromatic nitrogens is 1. The second-order valence-electron chi connectivity index (χ2n) is 2.17. The molecule has 3 nitrogen and oxygen atoms in total. The molecule has 2 aromatic rings. The number of carbonyl (C=O) groups excluding carboxylic acids is 1. The zero-order valence-electron chi connectivity index (χ0n) is 5.43. The average Bonchev–Trinajstić information content (AvgIpc) is 2.53. The molecule has 0 saturated heterocycles. The molecule has 0 radical (unpaired) electrons. The number of aldehydes is 1. The molecule has 4 heteroatoms. The Morgan fingerprint density at radius 2 is 2.45 bits per heavy atom. The molecule has 56 valence electrons. The fourth-order valence-corrected chi connectivity index (χ4v) is 0.963. The molecule has 0 atom stereocenters. The van der Waals surface area contributed by atoms with E-state index in [1.54, 1.807) is 0 Å². The number of H-pyrrole nitrogens is 1. The van der Waals surface area contributed by atoms with Gasteiger partial charge in [-0.1, -0.05) is 0 Å². The largest absolute Gasteiger partial charge is 0.459 e. The standard InChI is InChI=1S/C7H4FNO2/c8-5-3-11-6-1-4(2-10)9-7(5)6/h1-3,9H. The summed E-state index contributed by atoms with van der Waals surface area (Å²) < 4.78 is 17.4. The SMILES string of the molecule is O=Cc1cc2occ(F)c2[nH]1. The predicted octanol–water partition coefficient (Wildman–Crippen LogP) is 1.71. The monoisotopic (exact) mass is 153 g/mol. The van der Waals surface area contributed by atoms with Crippen molar-refractivity contribution < 1.29 is 13.6 Å². The summed E-state index contributed by atoms with van der Waals surface area (Å²) in [5.74, 6) is -0.479. The highest BCUT2D eigenvalue weighted by Gasteiger charge is 2.07. The summed E-state index contributed by atoms with van der Waals surface area (Å²) in [6, 6.07) is 1.45. The van der Waals surface area contributed by atoms with Gasteiger partial charge in [0.2, 0.25) is 0 Å². The van der Waals surface area contributed by atoms with E-state index in [0.29, 0.717) is 17.6 Å². The van der Waals surface area contributed by atoms with Gasteiger partial charge in [0.1, 0.15) is 11.8 Å². The van der Waals surface area contributed by atoms with E-state index in [1.807, 2.05) is 0 Å². The molecule has 2 aromatic heterocycles. The maximum Gasteiger partial charge on any atom is 0.185 e. The minimum atomic E-state index is -0.479. The van der Waals surface area contributed by atoms with E-state index >= 15 is 0 Å². The fraction of sp³-hybridized carbons (Fsp3) is 0. The van der Waals surface area contributed by atoms with Crippen molar-refractivity contribution in [1.82, 2.24) is 4.98 Å². The van der Waals surface area contributed by atoms with Crippen molar-refractivity contribution in [1.29, 1.82) is 0 Å². The zero-order valence-corrected chi connectivity index (χ0v) is 5.43. The minimum absolute atomic E-state index is 0.243. The highest BCUT2D eigenvalue weighted by atomic mass is 19.1. The lowest BCUT2D eigenvalue weighted by Crippen LogP contribution is -1.76. The summed E-state index contributed by atoms with van der Waals surface area (Å²) in [5, 5.41) is 0. The van der Waals surface area contributed by atoms with Crippen LogP contribution >= 0.6 is 0 Å². The van der Waals surface area contributed by atoms with Crippen LogP contribution in [0.3, 0.4) is 0 Å². The van der Waals surface area contributed by atoms with Gasteiger partial charge in [-0.15, -0.1) is 0 Å². The van der Waals surface area contributed by atoms with E-state index in [9.17, 15) is 9.18 Å². The molecule has 0 bridgehead atoms. The molecule has 0 aliphatic heterocycles. The van der Waals surface area contributed by atoms with E-state index in [-0.39, 0.29) is 5.52 Å². The number of aromatic amines is 1. The first-order valence-corrected chi connectivity index (χ1v) is 3.02. The normalized spacial score (nSPS) is 10.6. The highest BCUT2D eigenvalue weighted by Crippen LogP contribution is 2.18. The van der Waals surface area contributed by atoms with Gasteiger partial charge in [0.25, 0.3) is 0 Å². The number of hydrogen-bond donors (Lipinski definition) is 1. The number of fused-ring (bicyclic) bond motifs is 1. The van der Waals surface area contributed by atoms with E-state index in [0.717, 1.165) is 6.26 Å². The maximum absolute atomic E-state index is 12.7. The van der Waals surface area contributed by atoms with Crippen LogP contribution in [0.25, 0.3) is 11.1 Å². The van der Waals surface area contributed by atoms with Crippen molar-refractivity contribution in [3.63, 3.8) is 0 Å². The molecule has 11 heavy (non-hydrogen) atoms. The van der Waals surface area contributed by atoms with Gasteiger partial charge in [0.05, 0.1) is 5.69 Å². The molecular weight excluding hydrogens is 149 g/mol. The fourth-order valence-electron chi connectivity index (χ4n) is 0.963. The molecule has 1 N–H and O–H groups in total. The Morgan fingerprint density at radius 1 is 1.64 bits per heavy atom. The van der Waals surface area contributed by atoms with Crippen molar-refractivity contribution >= 4 is 17.4 Å². The van der Waals surface area contributed by atoms with Gasteiger partial charge < -0.3 is 9.40 Å². The van der Waals surface area contributed by atoms with Crippen LogP contribution in [0.15, 0.2) is 16.7 Å². The number of furan rings is 1. The van der Waals surface area contributed by atoms with Crippen LogP contribution in [0.1, 0.15) is 10.5 Å². The Balaban J connectivity index is 2.79. The number of nitrogens with one attached hydrogen (secondary N) is 1. The van der Waals surface area contributed by atoms with Crippen LogP contribution in [0.5, 0.6) is 0 Å². The van der Waals surface area contributed by atoms with Gasteiger partial charge in [-0.3, -0.25) is 4.79 Å². The van der Waals surface area contributed by atoms with Crippen LogP contribution in [0.4, 0.5) is 4.39 Å². The number of hydrogen-bond acceptors (Lipinski definition) is 2. The predicted molar refractivity (Wildman–Crippen MR) is 35.9 cm³/mol. The third-order valence-electron chi connectivity index (χ3n) is 1.46. The third kappa shape index (κ3) is 0.756. The van der Waals surface area contributed by atoms with Gasteiger partial charge >= 0.3 is 0 Å². The van der Waals surface area contributed by atoms with Gasteiger partial charge in [-0.05, 0) is 0 Å². The molecule has 0 aliphatic carbocycles.